The van der Waals surface area contributed by atoms with E-state index in [9.17, 15) is 15.3 Å². The third-order valence-corrected chi connectivity index (χ3v) is 11.8. The molecule has 0 aliphatic heterocycles. The zero-order chi connectivity index (χ0) is 22.8. The minimum Gasteiger partial charge on any atom is -0.393 e. The molecule has 4 rings (SSSR count). The van der Waals surface area contributed by atoms with Crippen LogP contribution < -0.4 is 0 Å². The van der Waals surface area contributed by atoms with E-state index in [0.717, 1.165) is 42.9 Å². The second-order valence-corrected chi connectivity index (χ2v) is 13.4. The number of aliphatic hydroxyl groups is 3. The third-order valence-electron chi connectivity index (χ3n) is 11.8. The molecule has 4 saturated carbocycles. The van der Waals surface area contributed by atoms with Crippen molar-refractivity contribution >= 4 is 0 Å². The number of rotatable bonds is 5. The van der Waals surface area contributed by atoms with Crippen LogP contribution in [0.15, 0.2) is 0 Å². The van der Waals surface area contributed by atoms with Gasteiger partial charge in [0.2, 0.25) is 0 Å². The summed E-state index contributed by atoms with van der Waals surface area (Å²) in [5, 5.41) is 33.1. The van der Waals surface area contributed by atoms with E-state index in [-0.39, 0.29) is 5.41 Å². The molecule has 0 bridgehead atoms. The van der Waals surface area contributed by atoms with E-state index in [1.54, 1.807) is 0 Å². The summed E-state index contributed by atoms with van der Waals surface area (Å²) >= 11 is 0. The van der Waals surface area contributed by atoms with Gasteiger partial charge in [-0.05, 0) is 91.8 Å². The zero-order valence-electron chi connectivity index (χ0n) is 21.1. The SMILES string of the molecule is CC(C)C(C)CCC(C)C1CCC2C3C[C@@H](O)[C@@]4(O)C[C@@H](O)CC[C@]4(C)C3CC[C@]12C. The lowest BCUT2D eigenvalue weighted by Crippen LogP contribution is -2.68. The Morgan fingerprint density at radius 2 is 1.58 bits per heavy atom. The molecule has 0 radical (unpaired) electrons. The van der Waals surface area contributed by atoms with Crippen LogP contribution in [0.5, 0.6) is 0 Å². The second kappa shape index (κ2) is 8.27. The first kappa shape index (κ1) is 24.0. The Morgan fingerprint density at radius 1 is 0.871 bits per heavy atom. The summed E-state index contributed by atoms with van der Waals surface area (Å²) in [6, 6.07) is 0. The number of fused-ring (bicyclic) bond motifs is 5. The van der Waals surface area contributed by atoms with Gasteiger partial charge >= 0.3 is 0 Å². The van der Waals surface area contributed by atoms with Gasteiger partial charge in [0.15, 0.2) is 0 Å². The Labute approximate surface area is 191 Å². The van der Waals surface area contributed by atoms with Crippen molar-refractivity contribution in [2.24, 2.45) is 52.3 Å². The average Bonchev–Trinajstić information content (AvgIpc) is 3.05. The smallest absolute Gasteiger partial charge is 0.0985 e. The Morgan fingerprint density at radius 3 is 2.26 bits per heavy atom. The molecule has 3 nitrogen and oxygen atoms in total. The van der Waals surface area contributed by atoms with Crippen molar-refractivity contribution in [1.29, 1.82) is 0 Å². The van der Waals surface area contributed by atoms with Crippen molar-refractivity contribution < 1.29 is 15.3 Å². The van der Waals surface area contributed by atoms with E-state index >= 15 is 0 Å². The lowest BCUT2D eigenvalue weighted by Gasteiger charge is -2.65. The molecule has 4 aliphatic rings. The Kier molecular flexibility index (Phi) is 6.41. The summed E-state index contributed by atoms with van der Waals surface area (Å²) in [6.45, 7) is 14.4. The highest BCUT2D eigenvalue weighted by molar-refractivity contribution is 5.17. The molecule has 0 aromatic carbocycles. The van der Waals surface area contributed by atoms with Gasteiger partial charge in [-0.15, -0.1) is 0 Å². The van der Waals surface area contributed by atoms with Crippen molar-refractivity contribution in [3.05, 3.63) is 0 Å². The van der Waals surface area contributed by atoms with Crippen LogP contribution in [0.4, 0.5) is 0 Å². The summed E-state index contributed by atoms with van der Waals surface area (Å²) in [5.41, 5.74) is -0.981. The van der Waals surface area contributed by atoms with E-state index in [2.05, 4.69) is 41.5 Å². The molecule has 0 heterocycles. The molecule has 3 N–H and O–H groups in total. The highest BCUT2D eigenvalue weighted by Gasteiger charge is 2.67. The molecule has 0 aromatic heterocycles. The van der Waals surface area contributed by atoms with E-state index in [0.29, 0.717) is 29.6 Å². The Hall–Kier alpha value is -0.120. The Balaban J connectivity index is 1.52. The molecule has 0 spiro atoms. The fourth-order valence-electron chi connectivity index (χ4n) is 9.30. The molecule has 0 saturated heterocycles. The highest BCUT2D eigenvalue weighted by Crippen LogP contribution is 2.69. The Bertz CT molecular complexity index is 648. The van der Waals surface area contributed by atoms with Gasteiger partial charge in [-0.1, -0.05) is 54.4 Å². The summed E-state index contributed by atoms with van der Waals surface area (Å²) in [7, 11) is 0. The summed E-state index contributed by atoms with van der Waals surface area (Å²) in [4.78, 5) is 0. The molecule has 4 fully saturated rings. The number of aliphatic hydroxyl groups excluding tert-OH is 2. The average molecular weight is 435 g/mol. The fourth-order valence-corrected chi connectivity index (χ4v) is 9.30. The molecule has 11 atom stereocenters. The third kappa shape index (κ3) is 3.64. The maximum atomic E-state index is 11.6. The van der Waals surface area contributed by atoms with Crippen LogP contribution in [-0.4, -0.2) is 33.1 Å². The fraction of sp³-hybridized carbons (Fsp3) is 1.00. The maximum Gasteiger partial charge on any atom is 0.0985 e. The lowest BCUT2D eigenvalue weighted by molar-refractivity contribution is -0.264. The largest absolute Gasteiger partial charge is 0.393 e. The van der Waals surface area contributed by atoms with Crippen LogP contribution in [0.2, 0.25) is 0 Å². The van der Waals surface area contributed by atoms with Gasteiger partial charge in [0, 0.05) is 11.8 Å². The van der Waals surface area contributed by atoms with Gasteiger partial charge in [-0.2, -0.15) is 0 Å². The first-order valence-electron chi connectivity index (χ1n) is 13.5. The quantitative estimate of drug-likeness (QED) is 0.512. The van der Waals surface area contributed by atoms with Gasteiger partial charge < -0.3 is 15.3 Å². The molecular weight excluding hydrogens is 384 g/mol. The van der Waals surface area contributed by atoms with Gasteiger partial charge in [0.05, 0.1) is 17.8 Å². The van der Waals surface area contributed by atoms with Crippen molar-refractivity contribution in [3.8, 4) is 0 Å². The van der Waals surface area contributed by atoms with Gasteiger partial charge in [0.1, 0.15) is 0 Å². The first-order chi connectivity index (χ1) is 14.4. The topological polar surface area (TPSA) is 60.7 Å². The minimum atomic E-state index is -1.11. The molecule has 31 heavy (non-hydrogen) atoms. The normalized spacial score (nSPS) is 51.7. The number of hydrogen-bond donors (Lipinski definition) is 3. The second-order valence-electron chi connectivity index (χ2n) is 13.4. The molecule has 0 aromatic rings. The van der Waals surface area contributed by atoms with E-state index in [1.807, 2.05) is 0 Å². The first-order valence-corrected chi connectivity index (χ1v) is 13.5. The summed E-state index contributed by atoms with van der Waals surface area (Å²) in [6.07, 6.45) is 9.33. The lowest BCUT2D eigenvalue weighted by atomic mass is 9.42. The number of hydrogen-bond acceptors (Lipinski definition) is 3. The van der Waals surface area contributed by atoms with Crippen molar-refractivity contribution in [2.45, 2.75) is 124 Å². The van der Waals surface area contributed by atoms with Crippen molar-refractivity contribution in [2.75, 3.05) is 0 Å². The monoisotopic (exact) mass is 434 g/mol. The predicted molar refractivity (Wildman–Crippen MR) is 126 cm³/mol. The zero-order valence-corrected chi connectivity index (χ0v) is 21.1. The summed E-state index contributed by atoms with van der Waals surface area (Å²) in [5.74, 6) is 4.85. The van der Waals surface area contributed by atoms with Crippen LogP contribution in [0.25, 0.3) is 0 Å². The van der Waals surface area contributed by atoms with E-state index in [1.165, 1.54) is 38.5 Å². The van der Waals surface area contributed by atoms with Crippen LogP contribution in [0.3, 0.4) is 0 Å². The van der Waals surface area contributed by atoms with Crippen LogP contribution in [0, 0.1) is 52.3 Å². The standard InChI is InChI=1S/C28H50O3/c1-17(2)18(3)7-8-19(4)22-9-10-23-21-15-25(30)28(31)16-20(29)11-14-27(28,6)24(21)12-13-26(22,23)5/h17-25,29-31H,7-16H2,1-6H3/t18?,19?,20-,21?,22?,23?,24?,25+,26+,27+,28-/m0/s1. The molecule has 180 valence electrons. The van der Waals surface area contributed by atoms with Gasteiger partial charge in [-0.3, -0.25) is 0 Å². The minimum absolute atomic E-state index is 0.258. The van der Waals surface area contributed by atoms with Crippen molar-refractivity contribution in [1.82, 2.24) is 0 Å². The molecular formula is C28H50O3. The van der Waals surface area contributed by atoms with Crippen LogP contribution in [-0.2, 0) is 0 Å². The van der Waals surface area contributed by atoms with Gasteiger partial charge in [-0.25, -0.2) is 0 Å². The summed E-state index contributed by atoms with van der Waals surface area (Å²) < 4.78 is 0. The molecule has 0 amide bonds. The predicted octanol–water partition coefficient (Wildman–Crippen LogP) is 5.80. The van der Waals surface area contributed by atoms with Crippen LogP contribution in [0.1, 0.15) is 106 Å². The molecule has 4 aliphatic carbocycles. The molecule has 3 heteroatoms. The van der Waals surface area contributed by atoms with Gasteiger partial charge in [0.25, 0.3) is 0 Å². The molecule has 6 unspecified atom stereocenters. The highest BCUT2D eigenvalue weighted by atomic mass is 16.3. The van der Waals surface area contributed by atoms with E-state index in [4.69, 9.17) is 0 Å². The van der Waals surface area contributed by atoms with Crippen LogP contribution >= 0.6 is 0 Å². The van der Waals surface area contributed by atoms with Crippen molar-refractivity contribution in [3.63, 3.8) is 0 Å². The maximum absolute atomic E-state index is 11.6. The van der Waals surface area contributed by atoms with E-state index < -0.39 is 17.8 Å².